The molecule has 0 saturated carbocycles. The van der Waals surface area contributed by atoms with E-state index in [-0.39, 0.29) is 121 Å². The van der Waals surface area contributed by atoms with Gasteiger partial charge in [0.1, 0.15) is 30.2 Å². The van der Waals surface area contributed by atoms with Gasteiger partial charge in [-0.1, -0.05) is 12.2 Å². The van der Waals surface area contributed by atoms with E-state index in [1.54, 1.807) is 0 Å². The Balaban J connectivity index is 6.66. The van der Waals surface area contributed by atoms with Crippen LogP contribution in [0.4, 0.5) is 0 Å². The first-order valence-corrected chi connectivity index (χ1v) is 21.0. The van der Waals surface area contributed by atoms with Gasteiger partial charge in [-0.2, -0.15) is 0 Å². The van der Waals surface area contributed by atoms with Gasteiger partial charge in [0, 0.05) is 46.1 Å². The molecule has 0 aliphatic rings. The second-order valence-electron chi connectivity index (χ2n) is 14.4. The van der Waals surface area contributed by atoms with Gasteiger partial charge in [0.15, 0.2) is 23.8 Å². The number of rotatable bonds is 34. The van der Waals surface area contributed by atoms with Crippen LogP contribution in [0.2, 0.25) is 0 Å². The summed E-state index contributed by atoms with van der Waals surface area (Å²) in [4.78, 5) is 107. The quantitative estimate of drug-likeness (QED) is 0.0124. The lowest BCUT2D eigenvalue weighted by Gasteiger charge is -2.27. The molecule has 0 bridgehead atoms. The number of nitrogens with one attached hydrogen (secondary N) is 6. The summed E-state index contributed by atoms with van der Waals surface area (Å²) in [6, 6.07) is -6.15. The van der Waals surface area contributed by atoms with Crippen molar-refractivity contribution in [1.82, 2.24) is 31.9 Å². The van der Waals surface area contributed by atoms with E-state index in [1.165, 1.54) is 6.92 Å². The third-order valence-electron chi connectivity index (χ3n) is 8.84. The van der Waals surface area contributed by atoms with E-state index >= 15 is 0 Å². The monoisotopic (exact) mass is 928 g/mol. The normalized spacial score (nSPS) is 12.8. The number of aliphatic imine (C=N–C) groups is 4. The van der Waals surface area contributed by atoms with Crippen molar-refractivity contribution in [3.05, 3.63) is 0 Å². The summed E-state index contributed by atoms with van der Waals surface area (Å²) in [7, 11) is 0. The summed E-state index contributed by atoms with van der Waals surface area (Å²) in [5.41, 5.74) is 48.9. The Morgan fingerprint density at radius 3 is 1.09 bits per heavy atom. The minimum atomic E-state index is -1.31. The number of thiocarbonyl (C=S) groups is 1. The van der Waals surface area contributed by atoms with Crippen molar-refractivity contribution < 1.29 is 38.7 Å². The van der Waals surface area contributed by atoms with Crippen molar-refractivity contribution in [2.45, 2.75) is 121 Å². The van der Waals surface area contributed by atoms with Crippen molar-refractivity contribution in [1.29, 1.82) is 0 Å². The van der Waals surface area contributed by atoms with E-state index in [0.29, 0.717) is 24.4 Å². The summed E-state index contributed by atoms with van der Waals surface area (Å²) in [6.07, 6.45) is 1.75. The van der Waals surface area contributed by atoms with E-state index in [4.69, 9.17) is 68.9 Å². The predicted molar refractivity (Wildman–Crippen MR) is 245 cm³/mol. The molecule has 0 heterocycles. The number of hydrogen-bond acceptors (Lipinski definition) is 12. The van der Waals surface area contributed by atoms with Crippen molar-refractivity contribution in [3.8, 4) is 0 Å². The fraction of sp³-hybridized carbons (Fsp3) is 0.667. The zero-order valence-corrected chi connectivity index (χ0v) is 37.1. The maximum absolute atomic E-state index is 14.1. The Morgan fingerprint density at radius 2 is 0.781 bits per heavy atom. The highest BCUT2D eigenvalue weighted by molar-refractivity contribution is 7.80. The maximum atomic E-state index is 14.1. The van der Waals surface area contributed by atoms with Gasteiger partial charge in [0.05, 0.1) is 11.4 Å². The summed E-state index contributed by atoms with van der Waals surface area (Å²) >= 11 is 5.19. The van der Waals surface area contributed by atoms with Crippen molar-refractivity contribution in [3.63, 3.8) is 0 Å². The molecule has 0 aromatic carbocycles. The van der Waals surface area contributed by atoms with E-state index in [1.807, 2.05) is 0 Å². The van der Waals surface area contributed by atoms with Crippen LogP contribution in [-0.2, 0) is 33.6 Å². The van der Waals surface area contributed by atoms with Gasteiger partial charge in [0.25, 0.3) is 0 Å². The summed E-state index contributed by atoms with van der Waals surface area (Å²) in [5.74, 6) is -6.19. The molecule has 0 spiro atoms. The largest absolute Gasteiger partial charge is 0.481 e. The number of carbonyl (C=O) groups excluding carboxylic acids is 6. The van der Waals surface area contributed by atoms with Gasteiger partial charge in [-0.3, -0.25) is 53.5 Å². The number of primary amides is 1. The molecule has 0 aliphatic carbocycles. The molecule has 28 heteroatoms. The number of carboxylic acid groups (broad SMARTS) is 1. The second kappa shape index (κ2) is 32.9. The number of carboxylic acids is 1. The molecule has 362 valence electrons. The van der Waals surface area contributed by atoms with Gasteiger partial charge in [-0.15, -0.1) is 0 Å². The molecule has 0 aromatic heterocycles. The average molecular weight is 928 g/mol. The lowest BCUT2D eigenvalue weighted by atomic mass is 10.0. The van der Waals surface area contributed by atoms with Gasteiger partial charge in [-0.25, -0.2) is 0 Å². The minimum Gasteiger partial charge on any atom is -0.481 e. The van der Waals surface area contributed by atoms with Crippen molar-refractivity contribution >= 4 is 82.5 Å². The lowest BCUT2D eigenvalue weighted by molar-refractivity contribution is -0.137. The Hall–Kier alpha value is -6.74. The number of guanidine groups is 4. The maximum Gasteiger partial charge on any atom is 0.303 e. The Morgan fingerprint density at radius 1 is 0.469 bits per heavy atom. The highest BCUT2D eigenvalue weighted by Gasteiger charge is 2.32. The molecular weight excluding hydrogens is 859 g/mol. The van der Waals surface area contributed by atoms with E-state index in [2.05, 4.69) is 51.9 Å². The Kier molecular flexibility index (Phi) is 29.4. The smallest absolute Gasteiger partial charge is 0.303 e. The molecule has 6 amide bonds. The summed E-state index contributed by atoms with van der Waals surface area (Å²) < 4.78 is 0. The number of unbranched alkanes of at least 4 members (excludes halogenated alkanes) is 1. The number of nitrogens with zero attached hydrogens (tertiary/aromatic N) is 4. The number of amides is 6. The first kappa shape index (κ1) is 57.3. The molecule has 5 atom stereocenters. The average Bonchev–Trinajstić information content (AvgIpc) is 3.19. The van der Waals surface area contributed by atoms with Gasteiger partial charge >= 0.3 is 5.97 Å². The van der Waals surface area contributed by atoms with Gasteiger partial charge in [-0.05, 0) is 70.6 Å². The highest BCUT2D eigenvalue weighted by atomic mass is 32.1. The van der Waals surface area contributed by atoms with Gasteiger partial charge in [0.2, 0.25) is 35.4 Å². The van der Waals surface area contributed by atoms with Crippen molar-refractivity contribution in [2.24, 2.45) is 71.6 Å². The first-order chi connectivity index (χ1) is 30.1. The molecule has 0 radical (unpaired) electrons. The molecule has 0 unspecified atom stereocenters. The van der Waals surface area contributed by atoms with Crippen LogP contribution >= 0.6 is 12.2 Å². The molecule has 27 nitrogen and oxygen atoms in total. The third-order valence-corrected chi connectivity index (χ3v) is 9.19. The SMILES string of the molecule is CC(=O)N[C@@H](CCCN=C(N)N)C(=O)N[C@@H](CCCN=C(N)N)C(=O)N[C@@H](CCCCNC(=S)CCC(=O)O)C(=O)N[C@@H](CCCN=C(N)N)C(=O)N[C@@H](CCCN=C(N)N)C(N)=O. The van der Waals surface area contributed by atoms with Crippen LogP contribution in [0, 0.1) is 0 Å². The zero-order valence-electron chi connectivity index (χ0n) is 36.3. The lowest BCUT2D eigenvalue weighted by Crippen LogP contribution is -2.59. The van der Waals surface area contributed by atoms with Crippen LogP contribution < -0.4 is 83.5 Å². The van der Waals surface area contributed by atoms with Crippen LogP contribution in [-0.4, -0.2) is 138 Å². The number of carbonyl (C=O) groups is 7. The van der Waals surface area contributed by atoms with Gasteiger partial charge < -0.3 is 88.6 Å². The second-order valence-corrected chi connectivity index (χ2v) is 14.9. The van der Waals surface area contributed by atoms with Crippen LogP contribution in [0.5, 0.6) is 0 Å². The van der Waals surface area contributed by atoms with Crippen molar-refractivity contribution in [2.75, 3.05) is 32.7 Å². The number of nitrogens with two attached hydrogens (primary N) is 9. The van der Waals surface area contributed by atoms with Crippen LogP contribution in [0.3, 0.4) is 0 Å². The minimum absolute atomic E-state index is 0.00611. The molecule has 0 fully saturated rings. The fourth-order valence-corrected chi connectivity index (χ4v) is 5.92. The Labute approximate surface area is 377 Å². The summed E-state index contributed by atoms with van der Waals surface area (Å²) in [6.45, 7) is 1.99. The molecule has 64 heavy (non-hydrogen) atoms. The zero-order chi connectivity index (χ0) is 48.6. The van der Waals surface area contributed by atoms with Crippen LogP contribution in [0.15, 0.2) is 20.0 Å². The van der Waals surface area contributed by atoms with Crippen LogP contribution in [0.1, 0.15) is 90.4 Å². The molecule has 0 saturated heterocycles. The van der Waals surface area contributed by atoms with E-state index < -0.39 is 71.6 Å². The first-order valence-electron chi connectivity index (χ1n) is 20.6. The number of aliphatic carboxylic acids is 1. The number of hydrogen-bond donors (Lipinski definition) is 16. The fourth-order valence-electron chi connectivity index (χ4n) is 5.72. The summed E-state index contributed by atoms with van der Waals surface area (Å²) in [5, 5.41) is 25.0. The predicted octanol–water partition coefficient (Wildman–Crippen LogP) is -5.92. The molecule has 0 aromatic rings. The van der Waals surface area contributed by atoms with Crippen LogP contribution in [0.25, 0.3) is 0 Å². The molecule has 25 N–H and O–H groups in total. The molecule has 0 aliphatic heterocycles. The standard InChI is InChI=1S/C36H69N19O8S/c1-20(56)51-22(10-5-17-48-34(40)41)29(60)54-25(12-7-19-50-36(44)45)32(63)53-23(8-2-3-15-46-26(64)13-14-27(57)58)31(62)55-24(11-6-18-49-35(42)43)30(61)52-21(28(37)59)9-4-16-47-33(38)39/h21-25H,2-19H2,1H3,(H2,37,59)(H,46,64)(H,51,56)(H,52,61)(H,53,63)(H,54,60)(H,55,62)(H,57,58)(H4,38,39,47)(H4,40,41,48)(H4,42,43,49)(H4,44,45,50)/t21-,22-,23-,24-,25-/m0/s1. The third kappa shape index (κ3) is 29.5. The van der Waals surface area contributed by atoms with E-state index in [0.717, 1.165) is 0 Å². The highest BCUT2D eigenvalue weighted by Crippen LogP contribution is 2.09. The molecule has 0 rings (SSSR count). The van der Waals surface area contributed by atoms with E-state index in [9.17, 15) is 33.6 Å². The topological polar surface area (TPSA) is 496 Å². The molecular formula is C36H69N19O8S. The Bertz CT molecular complexity index is 1660.